The highest BCUT2D eigenvalue weighted by Gasteiger charge is 2.11. The number of nitrogens with one attached hydrogen (secondary N) is 1. The van der Waals surface area contributed by atoms with Gasteiger partial charge in [0.2, 0.25) is 5.91 Å². The van der Waals surface area contributed by atoms with E-state index >= 15 is 0 Å². The van der Waals surface area contributed by atoms with Crippen molar-refractivity contribution < 1.29 is 18.7 Å². The molecule has 0 saturated heterocycles. The Balaban J connectivity index is 1.69. The van der Waals surface area contributed by atoms with Gasteiger partial charge in [-0.2, -0.15) is 0 Å². The standard InChI is InChI=1S/C19H21ClFNO3S/c1-13(10-25-15-8-6-14(24-2)7-9-15)22-19(23)12-26-11-16-17(20)4-3-5-18(16)21/h3-9,13H,10-12H2,1-2H3,(H,22,23)/t13-/m1/s1. The average Bonchev–Trinajstić information content (AvgIpc) is 2.63. The first-order valence-corrected chi connectivity index (χ1v) is 9.59. The van der Waals surface area contributed by atoms with Crippen molar-refractivity contribution in [3.8, 4) is 11.5 Å². The molecule has 1 N–H and O–H groups in total. The van der Waals surface area contributed by atoms with Gasteiger partial charge in [0.05, 0.1) is 18.9 Å². The van der Waals surface area contributed by atoms with Crippen LogP contribution in [0.2, 0.25) is 5.02 Å². The van der Waals surface area contributed by atoms with Gasteiger partial charge in [0, 0.05) is 16.3 Å². The van der Waals surface area contributed by atoms with Gasteiger partial charge in [-0.25, -0.2) is 4.39 Å². The zero-order chi connectivity index (χ0) is 18.9. The Morgan fingerprint density at radius 3 is 2.58 bits per heavy atom. The van der Waals surface area contributed by atoms with Crippen LogP contribution >= 0.6 is 23.4 Å². The fraction of sp³-hybridized carbons (Fsp3) is 0.316. The Labute approximate surface area is 162 Å². The van der Waals surface area contributed by atoms with Crippen molar-refractivity contribution in [2.24, 2.45) is 0 Å². The summed E-state index contributed by atoms with van der Waals surface area (Å²) >= 11 is 7.28. The summed E-state index contributed by atoms with van der Waals surface area (Å²) in [6.45, 7) is 2.21. The lowest BCUT2D eigenvalue weighted by molar-refractivity contribution is -0.119. The zero-order valence-corrected chi connectivity index (χ0v) is 16.2. The van der Waals surface area contributed by atoms with Crippen LogP contribution in [0.25, 0.3) is 0 Å². The number of carbonyl (C=O) groups excluding carboxylic acids is 1. The van der Waals surface area contributed by atoms with Crippen molar-refractivity contribution in [2.45, 2.75) is 18.7 Å². The lowest BCUT2D eigenvalue weighted by Crippen LogP contribution is -2.37. The number of hydrogen-bond donors (Lipinski definition) is 1. The van der Waals surface area contributed by atoms with Crippen LogP contribution in [-0.4, -0.2) is 31.4 Å². The molecule has 4 nitrogen and oxygen atoms in total. The lowest BCUT2D eigenvalue weighted by Gasteiger charge is -2.15. The summed E-state index contributed by atoms with van der Waals surface area (Å²) in [4.78, 5) is 12.0. The quantitative estimate of drug-likeness (QED) is 0.685. The van der Waals surface area contributed by atoms with Crippen LogP contribution in [0.5, 0.6) is 11.5 Å². The number of carbonyl (C=O) groups is 1. The molecule has 0 radical (unpaired) electrons. The van der Waals surface area contributed by atoms with Crippen LogP contribution in [0.3, 0.4) is 0 Å². The topological polar surface area (TPSA) is 47.6 Å². The molecule has 0 saturated carbocycles. The van der Waals surface area contributed by atoms with Gasteiger partial charge in [0.25, 0.3) is 0 Å². The maximum atomic E-state index is 13.7. The van der Waals surface area contributed by atoms with Crippen molar-refractivity contribution >= 4 is 29.3 Å². The van der Waals surface area contributed by atoms with E-state index in [1.165, 1.54) is 17.8 Å². The lowest BCUT2D eigenvalue weighted by atomic mass is 10.2. The normalized spacial score (nSPS) is 11.7. The summed E-state index contributed by atoms with van der Waals surface area (Å²) in [7, 11) is 1.60. The second-order valence-electron chi connectivity index (χ2n) is 5.65. The molecule has 0 aliphatic heterocycles. The van der Waals surface area contributed by atoms with Crippen LogP contribution < -0.4 is 14.8 Å². The highest BCUT2D eigenvalue weighted by atomic mass is 35.5. The molecule has 0 aromatic heterocycles. The van der Waals surface area contributed by atoms with Crippen LogP contribution in [0, 0.1) is 5.82 Å². The molecule has 0 fully saturated rings. The molecular formula is C19H21ClFNO3S. The highest BCUT2D eigenvalue weighted by molar-refractivity contribution is 7.99. The maximum absolute atomic E-state index is 13.7. The molecule has 0 unspecified atom stereocenters. The van der Waals surface area contributed by atoms with E-state index in [2.05, 4.69) is 5.32 Å². The molecule has 26 heavy (non-hydrogen) atoms. The summed E-state index contributed by atoms with van der Waals surface area (Å²) in [5, 5.41) is 3.23. The molecule has 7 heteroatoms. The second kappa shape index (κ2) is 10.3. The zero-order valence-electron chi connectivity index (χ0n) is 14.6. The number of amides is 1. The van der Waals surface area contributed by atoms with Crippen molar-refractivity contribution in [3.05, 3.63) is 58.9 Å². The Morgan fingerprint density at radius 2 is 1.92 bits per heavy atom. The number of rotatable bonds is 9. The van der Waals surface area contributed by atoms with Gasteiger partial charge in [-0.1, -0.05) is 17.7 Å². The third-order valence-electron chi connectivity index (χ3n) is 3.51. The Morgan fingerprint density at radius 1 is 1.23 bits per heavy atom. The van der Waals surface area contributed by atoms with E-state index in [1.807, 2.05) is 19.1 Å². The van der Waals surface area contributed by atoms with Gasteiger partial charge in [-0.05, 0) is 43.3 Å². The minimum Gasteiger partial charge on any atom is -0.497 e. The van der Waals surface area contributed by atoms with Gasteiger partial charge >= 0.3 is 0 Å². The van der Waals surface area contributed by atoms with Gasteiger partial charge in [-0.3, -0.25) is 4.79 Å². The number of hydrogen-bond acceptors (Lipinski definition) is 4. The third-order valence-corrected chi connectivity index (χ3v) is 4.82. The van der Waals surface area contributed by atoms with E-state index in [1.54, 1.807) is 31.4 Å². The minimum absolute atomic E-state index is 0.131. The number of thioether (sulfide) groups is 1. The first-order chi connectivity index (χ1) is 12.5. The summed E-state index contributed by atoms with van der Waals surface area (Å²) in [5.41, 5.74) is 0.419. The van der Waals surface area contributed by atoms with Crippen molar-refractivity contribution in [1.29, 1.82) is 0 Å². The molecule has 2 aromatic carbocycles. The third kappa shape index (κ3) is 6.42. The van der Waals surface area contributed by atoms with Gasteiger partial charge in [0.15, 0.2) is 0 Å². The summed E-state index contributed by atoms with van der Waals surface area (Å²) in [5.74, 6) is 1.54. The fourth-order valence-corrected chi connectivity index (χ4v) is 3.34. The first kappa shape index (κ1) is 20.4. The van der Waals surface area contributed by atoms with E-state index in [0.29, 0.717) is 28.7 Å². The molecule has 0 spiro atoms. The van der Waals surface area contributed by atoms with Crippen LogP contribution in [0.4, 0.5) is 4.39 Å². The molecule has 2 rings (SSSR count). The van der Waals surface area contributed by atoms with E-state index in [4.69, 9.17) is 21.1 Å². The molecule has 1 atom stereocenters. The number of ether oxygens (including phenoxy) is 2. The van der Waals surface area contributed by atoms with E-state index in [9.17, 15) is 9.18 Å². The predicted octanol–water partition coefficient (Wildman–Crippen LogP) is 4.30. The minimum atomic E-state index is -0.355. The van der Waals surface area contributed by atoms with Crippen LogP contribution in [-0.2, 0) is 10.5 Å². The molecule has 0 aliphatic carbocycles. The van der Waals surface area contributed by atoms with E-state index in [-0.39, 0.29) is 23.5 Å². The average molecular weight is 398 g/mol. The highest BCUT2D eigenvalue weighted by Crippen LogP contribution is 2.23. The van der Waals surface area contributed by atoms with Gasteiger partial charge in [-0.15, -0.1) is 11.8 Å². The monoisotopic (exact) mass is 397 g/mol. The Kier molecular flexibility index (Phi) is 8.06. The maximum Gasteiger partial charge on any atom is 0.230 e. The van der Waals surface area contributed by atoms with Gasteiger partial charge in [0.1, 0.15) is 23.9 Å². The predicted molar refractivity (Wildman–Crippen MR) is 104 cm³/mol. The molecule has 1 amide bonds. The molecule has 0 bridgehead atoms. The fourth-order valence-electron chi connectivity index (χ4n) is 2.17. The molecule has 140 valence electrons. The SMILES string of the molecule is COc1ccc(OC[C@@H](C)NC(=O)CSCc2c(F)cccc2Cl)cc1. The van der Waals surface area contributed by atoms with E-state index in [0.717, 1.165) is 5.75 Å². The Bertz CT molecular complexity index is 707. The number of methoxy groups -OCH3 is 1. The van der Waals surface area contributed by atoms with Crippen molar-refractivity contribution in [1.82, 2.24) is 5.32 Å². The summed E-state index contributed by atoms with van der Waals surface area (Å²) < 4.78 is 24.4. The number of halogens is 2. The van der Waals surface area contributed by atoms with Crippen molar-refractivity contribution in [2.75, 3.05) is 19.5 Å². The van der Waals surface area contributed by atoms with E-state index < -0.39 is 0 Å². The largest absolute Gasteiger partial charge is 0.497 e. The molecule has 2 aromatic rings. The molecule has 0 aliphatic rings. The van der Waals surface area contributed by atoms with Gasteiger partial charge < -0.3 is 14.8 Å². The summed E-state index contributed by atoms with van der Waals surface area (Å²) in [6.07, 6.45) is 0. The summed E-state index contributed by atoms with van der Waals surface area (Å²) in [6, 6.07) is 11.6. The van der Waals surface area contributed by atoms with Crippen LogP contribution in [0.15, 0.2) is 42.5 Å². The molecular weight excluding hydrogens is 377 g/mol. The molecule has 0 heterocycles. The van der Waals surface area contributed by atoms with Crippen LogP contribution in [0.1, 0.15) is 12.5 Å². The second-order valence-corrected chi connectivity index (χ2v) is 7.04. The van der Waals surface area contributed by atoms with Crippen molar-refractivity contribution in [3.63, 3.8) is 0 Å². The first-order valence-electron chi connectivity index (χ1n) is 8.06. The number of benzene rings is 2. The smallest absolute Gasteiger partial charge is 0.230 e. The Hall–Kier alpha value is -1.92.